The van der Waals surface area contributed by atoms with E-state index in [2.05, 4.69) is 10.6 Å². The van der Waals surface area contributed by atoms with E-state index in [4.69, 9.17) is 5.73 Å². The van der Waals surface area contributed by atoms with E-state index in [-0.39, 0.29) is 5.91 Å². The predicted octanol–water partition coefficient (Wildman–Crippen LogP) is 4.10. The van der Waals surface area contributed by atoms with Crippen LogP contribution in [0.4, 0.5) is 16.2 Å². The van der Waals surface area contributed by atoms with Crippen LogP contribution in [0.15, 0.2) is 78.9 Å². The number of primary amides is 1. The number of nitrogens with one attached hydrogen (secondary N) is 2. The lowest BCUT2D eigenvalue weighted by Gasteiger charge is -2.11. The molecule has 0 unspecified atom stereocenters. The summed E-state index contributed by atoms with van der Waals surface area (Å²) in [6, 6.07) is 23.3. The molecule has 0 aliphatic carbocycles. The minimum Gasteiger partial charge on any atom is -0.351 e. The summed E-state index contributed by atoms with van der Waals surface area (Å²) in [5.74, 6) is -0.199. The Hall–Kier alpha value is -3.60. The van der Waals surface area contributed by atoms with Crippen molar-refractivity contribution in [3.63, 3.8) is 0 Å². The molecule has 0 aliphatic rings. The highest BCUT2D eigenvalue weighted by Gasteiger charge is 2.12. The minimum atomic E-state index is -0.631. The van der Waals surface area contributed by atoms with Gasteiger partial charge < -0.3 is 16.4 Å². The molecule has 0 fully saturated rings. The molecule has 5 nitrogen and oxygen atoms in total. The monoisotopic (exact) mass is 331 g/mol. The third-order valence-corrected chi connectivity index (χ3v) is 3.67. The van der Waals surface area contributed by atoms with Crippen LogP contribution in [0.2, 0.25) is 0 Å². The second-order valence-electron chi connectivity index (χ2n) is 5.43. The number of amides is 3. The SMILES string of the molecule is NC(=O)Nc1ccc(NC(=O)c2ccccc2-c2ccccc2)cc1. The molecule has 5 heteroatoms. The zero-order chi connectivity index (χ0) is 17.6. The molecule has 0 bridgehead atoms. The van der Waals surface area contributed by atoms with E-state index >= 15 is 0 Å². The van der Waals surface area contributed by atoms with Crippen LogP contribution in [0, 0.1) is 0 Å². The number of carbonyl (C=O) groups excluding carboxylic acids is 2. The van der Waals surface area contributed by atoms with Crippen LogP contribution in [-0.4, -0.2) is 11.9 Å². The predicted molar refractivity (Wildman–Crippen MR) is 99.5 cm³/mol. The van der Waals surface area contributed by atoms with Gasteiger partial charge in [0.2, 0.25) is 0 Å². The van der Waals surface area contributed by atoms with Crippen LogP contribution in [-0.2, 0) is 0 Å². The molecular formula is C20H17N3O2. The molecule has 3 rings (SSSR count). The number of rotatable bonds is 4. The van der Waals surface area contributed by atoms with E-state index in [1.165, 1.54) is 0 Å². The first-order valence-corrected chi connectivity index (χ1v) is 7.76. The van der Waals surface area contributed by atoms with Crippen molar-refractivity contribution >= 4 is 23.3 Å². The molecule has 3 aromatic carbocycles. The lowest BCUT2D eigenvalue weighted by molar-refractivity contribution is 0.102. The molecule has 4 N–H and O–H groups in total. The van der Waals surface area contributed by atoms with Crippen LogP contribution < -0.4 is 16.4 Å². The van der Waals surface area contributed by atoms with Crippen molar-refractivity contribution in [2.45, 2.75) is 0 Å². The first-order chi connectivity index (χ1) is 12.1. The minimum absolute atomic E-state index is 0.199. The number of hydrogen-bond acceptors (Lipinski definition) is 2. The smallest absolute Gasteiger partial charge is 0.316 e. The molecule has 25 heavy (non-hydrogen) atoms. The van der Waals surface area contributed by atoms with Gasteiger partial charge in [0.05, 0.1) is 0 Å². The van der Waals surface area contributed by atoms with Gasteiger partial charge >= 0.3 is 6.03 Å². The molecule has 3 aromatic rings. The molecule has 124 valence electrons. The maximum atomic E-state index is 12.7. The number of urea groups is 1. The molecule has 0 spiro atoms. The largest absolute Gasteiger partial charge is 0.351 e. The highest BCUT2D eigenvalue weighted by atomic mass is 16.2. The summed E-state index contributed by atoms with van der Waals surface area (Å²) in [5, 5.41) is 5.34. The van der Waals surface area contributed by atoms with E-state index in [0.717, 1.165) is 11.1 Å². The zero-order valence-corrected chi connectivity index (χ0v) is 13.4. The Balaban J connectivity index is 1.81. The molecule has 0 saturated heterocycles. The lowest BCUT2D eigenvalue weighted by atomic mass is 9.99. The summed E-state index contributed by atoms with van der Waals surface area (Å²) < 4.78 is 0. The Labute approximate surface area is 145 Å². The maximum Gasteiger partial charge on any atom is 0.316 e. The number of benzene rings is 3. The average Bonchev–Trinajstić information content (AvgIpc) is 2.63. The standard InChI is InChI=1S/C20H17N3O2/c21-20(25)23-16-12-10-15(11-13-16)22-19(24)18-9-5-4-8-17(18)14-6-2-1-3-7-14/h1-13H,(H,22,24)(H3,21,23,25). The van der Waals surface area contributed by atoms with Gasteiger partial charge in [-0.25, -0.2) is 4.79 Å². The van der Waals surface area contributed by atoms with Crippen molar-refractivity contribution in [1.29, 1.82) is 0 Å². The van der Waals surface area contributed by atoms with Crippen LogP contribution in [0.3, 0.4) is 0 Å². The van der Waals surface area contributed by atoms with Gasteiger partial charge in [0, 0.05) is 16.9 Å². The summed E-state index contributed by atoms with van der Waals surface area (Å²) in [6.07, 6.45) is 0. The number of anilines is 2. The number of hydrogen-bond donors (Lipinski definition) is 3. The summed E-state index contributed by atoms with van der Waals surface area (Å²) in [5.41, 5.74) is 8.70. The van der Waals surface area contributed by atoms with E-state index in [1.54, 1.807) is 30.3 Å². The molecule has 0 aliphatic heterocycles. The normalized spacial score (nSPS) is 10.1. The van der Waals surface area contributed by atoms with Crippen LogP contribution in [0.25, 0.3) is 11.1 Å². The summed E-state index contributed by atoms with van der Waals surface area (Å²) in [4.78, 5) is 23.5. The fourth-order valence-corrected chi connectivity index (χ4v) is 2.53. The van der Waals surface area contributed by atoms with Crippen molar-refractivity contribution < 1.29 is 9.59 Å². The second kappa shape index (κ2) is 7.31. The summed E-state index contributed by atoms with van der Waals surface area (Å²) in [6.45, 7) is 0. The van der Waals surface area contributed by atoms with Crippen molar-refractivity contribution in [1.82, 2.24) is 0 Å². The number of nitrogens with two attached hydrogens (primary N) is 1. The Morgan fingerprint density at radius 2 is 1.24 bits per heavy atom. The van der Waals surface area contributed by atoms with E-state index in [9.17, 15) is 9.59 Å². The average molecular weight is 331 g/mol. The van der Waals surface area contributed by atoms with E-state index in [1.807, 2.05) is 48.5 Å². The van der Waals surface area contributed by atoms with Crippen molar-refractivity contribution in [3.05, 3.63) is 84.4 Å². The molecule has 0 saturated carbocycles. The first kappa shape index (κ1) is 16.3. The highest BCUT2D eigenvalue weighted by molar-refractivity contribution is 6.08. The quantitative estimate of drug-likeness (QED) is 0.672. The van der Waals surface area contributed by atoms with Crippen molar-refractivity contribution in [2.24, 2.45) is 5.73 Å². The molecular weight excluding hydrogens is 314 g/mol. The molecule has 0 atom stereocenters. The van der Waals surface area contributed by atoms with Crippen LogP contribution >= 0.6 is 0 Å². The van der Waals surface area contributed by atoms with Gasteiger partial charge in [0.25, 0.3) is 5.91 Å². The van der Waals surface area contributed by atoms with Crippen molar-refractivity contribution in [2.75, 3.05) is 10.6 Å². The number of carbonyl (C=O) groups is 2. The third-order valence-electron chi connectivity index (χ3n) is 3.67. The summed E-state index contributed by atoms with van der Waals surface area (Å²) in [7, 11) is 0. The molecule has 3 amide bonds. The van der Waals surface area contributed by atoms with Gasteiger partial charge in [0.1, 0.15) is 0 Å². The van der Waals surface area contributed by atoms with E-state index in [0.29, 0.717) is 16.9 Å². The third kappa shape index (κ3) is 4.03. The van der Waals surface area contributed by atoms with Gasteiger partial charge in [-0.05, 0) is 41.5 Å². The Bertz CT molecular complexity index is 890. The second-order valence-corrected chi connectivity index (χ2v) is 5.43. The Morgan fingerprint density at radius 3 is 1.88 bits per heavy atom. The fourth-order valence-electron chi connectivity index (χ4n) is 2.53. The van der Waals surface area contributed by atoms with Gasteiger partial charge in [-0.15, -0.1) is 0 Å². The zero-order valence-electron chi connectivity index (χ0n) is 13.4. The molecule has 0 radical (unpaired) electrons. The first-order valence-electron chi connectivity index (χ1n) is 7.76. The maximum absolute atomic E-state index is 12.7. The Kier molecular flexibility index (Phi) is 4.76. The van der Waals surface area contributed by atoms with Crippen LogP contribution in [0.5, 0.6) is 0 Å². The van der Waals surface area contributed by atoms with Gasteiger partial charge in [-0.1, -0.05) is 48.5 Å². The van der Waals surface area contributed by atoms with Gasteiger partial charge in [-0.2, -0.15) is 0 Å². The van der Waals surface area contributed by atoms with Crippen molar-refractivity contribution in [3.8, 4) is 11.1 Å². The Morgan fingerprint density at radius 1 is 0.680 bits per heavy atom. The van der Waals surface area contributed by atoms with Gasteiger partial charge in [-0.3, -0.25) is 4.79 Å². The van der Waals surface area contributed by atoms with E-state index < -0.39 is 6.03 Å². The topological polar surface area (TPSA) is 84.2 Å². The molecule has 0 aromatic heterocycles. The van der Waals surface area contributed by atoms with Gasteiger partial charge in [0.15, 0.2) is 0 Å². The van der Waals surface area contributed by atoms with Crippen LogP contribution in [0.1, 0.15) is 10.4 Å². The molecule has 0 heterocycles. The lowest BCUT2D eigenvalue weighted by Crippen LogP contribution is -2.19. The highest BCUT2D eigenvalue weighted by Crippen LogP contribution is 2.24. The fraction of sp³-hybridized carbons (Fsp3) is 0. The summed E-state index contributed by atoms with van der Waals surface area (Å²) >= 11 is 0.